The number of hydrogen-bond donors (Lipinski definition) is 0. The van der Waals surface area contributed by atoms with Gasteiger partial charge < -0.3 is 9.15 Å². The van der Waals surface area contributed by atoms with Crippen molar-refractivity contribution < 1.29 is 13.9 Å². The molecule has 2 rings (SSSR count). The molecule has 1 aromatic heterocycles. The molecule has 1 aromatic rings. The van der Waals surface area contributed by atoms with Gasteiger partial charge in [-0.25, -0.2) is 4.79 Å². The van der Waals surface area contributed by atoms with Gasteiger partial charge in [0.15, 0.2) is 0 Å². The van der Waals surface area contributed by atoms with Gasteiger partial charge in [-0.1, -0.05) is 32.6 Å². The topological polar surface area (TPSA) is 39.4 Å². The highest BCUT2D eigenvalue weighted by Crippen LogP contribution is 2.35. The summed E-state index contributed by atoms with van der Waals surface area (Å²) in [6.07, 6.45) is 9.58. The quantitative estimate of drug-likeness (QED) is 0.578. The Hall–Kier alpha value is -1.25. The highest BCUT2D eigenvalue weighted by Gasteiger charge is 2.25. The summed E-state index contributed by atoms with van der Waals surface area (Å²) in [5.41, 5.74) is 0.637. The van der Waals surface area contributed by atoms with Crippen molar-refractivity contribution >= 4 is 5.97 Å². The smallest absolute Gasteiger partial charge is 0.341 e. The van der Waals surface area contributed by atoms with E-state index in [1.54, 1.807) is 12.3 Å². The zero-order chi connectivity index (χ0) is 12.8. The van der Waals surface area contributed by atoms with Crippen LogP contribution in [0.25, 0.3) is 0 Å². The fraction of sp³-hybridized carbons (Fsp3) is 0.667. The van der Waals surface area contributed by atoms with Crippen molar-refractivity contribution in [2.45, 2.75) is 57.8 Å². The van der Waals surface area contributed by atoms with Gasteiger partial charge in [-0.2, -0.15) is 0 Å². The Morgan fingerprint density at radius 1 is 1.39 bits per heavy atom. The zero-order valence-corrected chi connectivity index (χ0v) is 11.1. The van der Waals surface area contributed by atoms with Crippen LogP contribution in [0.1, 0.15) is 73.9 Å². The Labute approximate surface area is 109 Å². The number of ether oxygens (including phenoxy) is 1. The van der Waals surface area contributed by atoms with Crippen LogP contribution in [0.5, 0.6) is 0 Å². The highest BCUT2D eigenvalue weighted by molar-refractivity contribution is 5.90. The average molecular weight is 250 g/mol. The van der Waals surface area contributed by atoms with E-state index in [2.05, 4.69) is 6.92 Å². The van der Waals surface area contributed by atoms with Crippen LogP contribution in [-0.4, -0.2) is 12.6 Å². The summed E-state index contributed by atoms with van der Waals surface area (Å²) in [6.45, 7) is 2.59. The molecule has 0 atom stereocenters. The predicted octanol–water partition coefficient (Wildman–Crippen LogP) is 4.28. The summed E-state index contributed by atoms with van der Waals surface area (Å²) in [6, 6.07) is 1.75. The SMILES string of the molecule is CCCCOC(=O)c1ccoc1C1CCCCC1. The van der Waals surface area contributed by atoms with E-state index in [0.29, 0.717) is 18.1 Å². The molecule has 18 heavy (non-hydrogen) atoms. The molecular formula is C15H22O3. The van der Waals surface area contributed by atoms with Crippen molar-refractivity contribution in [3.8, 4) is 0 Å². The Bertz CT molecular complexity index is 375. The van der Waals surface area contributed by atoms with Crippen molar-refractivity contribution in [1.82, 2.24) is 0 Å². The molecule has 1 aliphatic carbocycles. The van der Waals surface area contributed by atoms with Crippen molar-refractivity contribution in [3.05, 3.63) is 23.7 Å². The molecule has 3 nitrogen and oxygen atoms in total. The van der Waals surface area contributed by atoms with Crippen LogP contribution in [0.3, 0.4) is 0 Å². The molecule has 0 bridgehead atoms. The minimum Gasteiger partial charge on any atom is -0.468 e. The number of hydrogen-bond acceptors (Lipinski definition) is 3. The summed E-state index contributed by atoms with van der Waals surface area (Å²) in [4.78, 5) is 12.0. The van der Waals surface area contributed by atoms with E-state index in [4.69, 9.17) is 9.15 Å². The van der Waals surface area contributed by atoms with Crippen LogP contribution < -0.4 is 0 Å². The largest absolute Gasteiger partial charge is 0.468 e. The number of carbonyl (C=O) groups excluding carboxylic acids is 1. The second-order valence-electron chi connectivity index (χ2n) is 5.02. The number of rotatable bonds is 5. The maximum absolute atomic E-state index is 12.0. The Morgan fingerprint density at radius 3 is 2.89 bits per heavy atom. The average Bonchev–Trinajstić information content (AvgIpc) is 2.89. The van der Waals surface area contributed by atoms with E-state index in [9.17, 15) is 4.79 Å². The fourth-order valence-corrected chi connectivity index (χ4v) is 2.56. The van der Waals surface area contributed by atoms with Gasteiger partial charge >= 0.3 is 5.97 Å². The molecule has 1 aliphatic rings. The Morgan fingerprint density at radius 2 is 2.17 bits per heavy atom. The van der Waals surface area contributed by atoms with Gasteiger partial charge in [0, 0.05) is 5.92 Å². The molecule has 1 heterocycles. The van der Waals surface area contributed by atoms with Crippen LogP contribution in [0.15, 0.2) is 16.7 Å². The van der Waals surface area contributed by atoms with Gasteiger partial charge in [0.05, 0.1) is 12.9 Å². The van der Waals surface area contributed by atoms with Gasteiger partial charge in [0.1, 0.15) is 11.3 Å². The third-order valence-corrected chi connectivity index (χ3v) is 3.62. The first-order chi connectivity index (χ1) is 8.83. The van der Waals surface area contributed by atoms with Gasteiger partial charge in [-0.15, -0.1) is 0 Å². The Kier molecular flexibility index (Phi) is 4.85. The highest BCUT2D eigenvalue weighted by atomic mass is 16.5. The van der Waals surface area contributed by atoms with Crippen molar-refractivity contribution in [2.75, 3.05) is 6.61 Å². The number of carbonyl (C=O) groups is 1. The van der Waals surface area contributed by atoms with Gasteiger partial charge in [-0.3, -0.25) is 0 Å². The lowest BCUT2D eigenvalue weighted by Gasteiger charge is -2.20. The first-order valence-corrected chi connectivity index (χ1v) is 7.07. The van der Waals surface area contributed by atoms with Gasteiger partial charge in [-0.05, 0) is 25.3 Å². The van der Waals surface area contributed by atoms with Crippen LogP contribution in [0, 0.1) is 0 Å². The molecule has 0 N–H and O–H groups in total. The standard InChI is InChI=1S/C15H22O3/c1-2-3-10-18-15(16)13-9-11-17-14(13)12-7-5-4-6-8-12/h9,11-12H,2-8,10H2,1H3. The summed E-state index contributed by atoms with van der Waals surface area (Å²) in [5.74, 6) is 1.02. The lowest BCUT2D eigenvalue weighted by molar-refractivity contribution is 0.0496. The summed E-state index contributed by atoms with van der Waals surface area (Å²) in [5, 5.41) is 0. The molecular weight excluding hydrogens is 228 g/mol. The van der Waals surface area contributed by atoms with Gasteiger partial charge in [0.25, 0.3) is 0 Å². The van der Waals surface area contributed by atoms with Crippen LogP contribution >= 0.6 is 0 Å². The van der Waals surface area contributed by atoms with Crippen molar-refractivity contribution in [1.29, 1.82) is 0 Å². The number of esters is 1. The molecule has 0 saturated heterocycles. The van der Waals surface area contributed by atoms with Crippen LogP contribution in [0.2, 0.25) is 0 Å². The first kappa shape index (κ1) is 13.2. The number of unbranched alkanes of at least 4 members (excludes halogenated alkanes) is 1. The second-order valence-corrected chi connectivity index (χ2v) is 5.02. The van der Waals surface area contributed by atoms with E-state index in [-0.39, 0.29) is 5.97 Å². The fourth-order valence-electron chi connectivity index (χ4n) is 2.56. The van der Waals surface area contributed by atoms with E-state index >= 15 is 0 Å². The van der Waals surface area contributed by atoms with E-state index in [1.165, 1.54) is 19.3 Å². The molecule has 0 aliphatic heterocycles. The molecule has 0 radical (unpaired) electrons. The Balaban J connectivity index is 1.99. The molecule has 1 fully saturated rings. The first-order valence-electron chi connectivity index (χ1n) is 7.07. The third kappa shape index (κ3) is 3.15. The monoisotopic (exact) mass is 250 g/mol. The maximum Gasteiger partial charge on any atom is 0.341 e. The van der Waals surface area contributed by atoms with Crippen LogP contribution in [-0.2, 0) is 4.74 Å². The second kappa shape index (κ2) is 6.62. The predicted molar refractivity (Wildman–Crippen MR) is 69.7 cm³/mol. The van der Waals surface area contributed by atoms with Crippen molar-refractivity contribution in [2.24, 2.45) is 0 Å². The molecule has 0 amide bonds. The number of furan rings is 1. The minimum absolute atomic E-state index is 0.224. The van der Waals surface area contributed by atoms with E-state index < -0.39 is 0 Å². The molecule has 100 valence electrons. The molecule has 0 spiro atoms. The molecule has 0 aromatic carbocycles. The van der Waals surface area contributed by atoms with E-state index in [0.717, 1.165) is 31.4 Å². The maximum atomic E-state index is 12.0. The zero-order valence-electron chi connectivity index (χ0n) is 11.1. The molecule has 1 saturated carbocycles. The summed E-state index contributed by atoms with van der Waals surface area (Å²) >= 11 is 0. The third-order valence-electron chi connectivity index (χ3n) is 3.62. The summed E-state index contributed by atoms with van der Waals surface area (Å²) in [7, 11) is 0. The van der Waals surface area contributed by atoms with Crippen molar-refractivity contribution in [3.63, 3.8) is 0 Å². The molecule has 3 heteroatoms. The van der Waals surface area contributed by atoms with Gasteiger partial charge in [0.2, 0.25) is 0 Å². The minimum atomic E-state index is -0.224. The normalized spacial score (nSPS) is 16.7. The lowest BCUT2D eigenvalue weighted by atomic mass is 9.86. The van der Waals surface area contributed by atoms with Crippen LogP contribution in [0.4, 0.5) is 0 Å². The summed E-state index contributed by atoms with van der Waals surface area (Å²) < 4.78 is 10.8. The molecule has 0 unspecified atom stereocenters. The van der Waals surface area contributed by atoms with E-state index in [1.807, 2.05) is 0 Å². The lowest BCUT2D eigenvalue weighted by Crippen LogP contribution is -2.11.